The van der Waals surface area contributed by atoms with Crippen molar-refractivity contribution in [2.75, 3.05) is 13.2 Å². The van der Waals surface area contributed by atoms with Gasteiger partial charge in [-0.3, -0.25) is 4.68 Å². The van der Waals surface area contributed by atoms with Crippen LogP contribution in [0.5, 0.6) is 0 Å². The van der Waals surface area contributed by atoms with Gasteiger partial charge in [0.2, 0.25) is 0 Å². The molecule has 1 aliphatic rings. The molecule has 0 radical (unpaired) electrons. The molecule has 3 rings (SSSR count). The third kappa shape index (κ3) is 2.30. The normalized spacial score (nSPS) is 19.0. The van der Waals surface area contributed by atoms with Crippen molar-refractivity contribution in [1.82, 2.24) is 9.78 Å². The molecule has 1 aromatic heterocycles. The molecule has 19 heavy (non-hydrogen) atoms. The number of halogens is 3. The van der Waals surface area contributed by atoms with Gasteiger partial charge in [-0.25, -0.2) is 8.78 Å². The summed E-state index contributed by atoms with van der Waals surface area (Å²) in [5, 5.41) is 4.20. The lowest BCUT2D eigenvalue weighted by Crippen LogP contribution is -2.12. The molecule has 0 spiro atoms. The standard InChI is InChI=1S/C13H11BrF2N2O/c14-10-6-11(15)9(5-12(10)16)13-1-3-17-18(13)8-2-4-19-7-8/h1,3,5-6,8H,2,4,7H2/t8-/m1/s1. The third-order valence-electron chi connectivity index (χ3n) is 3.21. The molecular weight excluding hydrogens is 318 g/mol. The van der Waals surface area contributed by atoms with E-state index in [-0.39, 0.29) is 16.1 Å². The quantitative estimate of drug-likeness (QED) is 0.788. The van der Waals surface area contributed by atoms with Crippen molar-refractivity contribution in [3.8, 4) is 11.3 Å². The van der Waals surface area contributed by atoms with E-state index < -0.39 is 11.6 Å². The number of benzene rings is 1. The lowest BCUT2D eigenvalue weighted by Gasteiger charge is -2.13. The van der Waals surface area contributed by atoms with Crippen molar-refractivity contribution >= 4 is 15.9 Å². The highest BCUT2D eigenvalue weighted by Gasteiger charge is 2.22. The van der Waals surface area contributed by atoms with Gasteiger partial charge in [-0.15, -0.1) is 0 Å². The molecule has 1 aliphatic heterocycles. The molecular formula is C13H11BrF2N2O. The third-order valence-corrected chi connectivity index (χ3v) is 3.82. The number of ether oxygens (including phenoxy) is 1. The average Bonchev–Trinajstić information content (AvgIpc) is 3.03. The molecule has 0 bridgehead atoms. The van der Waals surface area contributed by atoms with Crippen LogP contribution in [-0.2, 0) is 4.74 Å². The molecule has 2 heterocycles. The van der Waals surface area contributed by atoms with Gasteiger partial charge in [0, 0.05) is 18.4 Å². The van der Waals surface area contributed by atoms with Gasteiger partial charge in [0.05, 0.1) is 22.8 Å². The van der Waals surface area contributed by atoms with Crippen LogP contribution in [0.4, 0.5) is 8.78 Å². The lowest BCUT2D eigenvalue weighted by molar-refractivity contribution is 0.185. The van der Waals surface area contributed by atoms with E-state index in [9.17, 15) is 8.78 Å². The zero-order valence-electron chi connectivity index (χ0n) is 9.94. The van der Waals surface area contributed by atoms with E-state index in [0.717, 1.165) is 12.5 Å². The van der Waals surface area contributed by atoms with Gasteiger partial charge in [0.25, 0.3) is 0 Å². The van der Waals surface area contributed by atoms with E-state index in [0.29, 0.717) is 18.9 Å². The van der Waals surface area contributed by atoms with E-state index in [2.05, 4.69) is 21.0 Å². The molecule has 1 saturated heterocycles. The summed E-state index contributed by atoms with van der Waals surface area (Å²) in [4.78, 5) is 0. The summed E-state index contributed by atoms with van der Waals surface area (Å²) in [5.41, 5.74) is 0.782. The van der Waals surface area contributed by atoms with Gasteiger partial charge in [-0.05, 0) is 40.5 Å². The minimum absolute atomic E-state index is 0.0797. The van der Waals surface area contributed by atoms with Gasteiger partial charge in [0.15, 0.2) is 0 Å². The molecule has 3 nitrogen and oxygen atoms in total. The van der Waals surface area contributed by atoms with Gasteiger partial charge in [0.1, 0.15) is 11.6 Å². The largest absolute Gasteiger partial charge is 0.379 e. The lowest BCUT2D eigenvalue weighted by atomic mass is 10.1. The SMILES string of the molecule is Fc1cc(-c2ccnn2[C@@H]2CCOC2)c(F)cc1Br. The molecule has 1 aromatic carbocycles. The van der Waals surface area contributed by atoms with E-state index >= 15 is 0 Å². The maximum absolute atomic E-state index is 14.0. The minimum atomic E-state index is -0.494. The predicted octanol–water partition coefficient (Wildman–Crippen LogP) is 3.55. The monoisotopic (exact) mass is 328 g/mol. The minimum Gasteiger partial charge on any atom is -0.379 e. The smallest absolute Gasteiger partial charge is 0.138 e. The topological polar surface area (TPSA) is 27.1 Å². The Morgan fingerprint density at radius 2 is 2.16 bits per heavy atom. The van der Waals surface area contributed by atoms with Crippen molar-refractivity contribution in [3.05, 3.63) is 40.5 Å². The zero-order valence-corrected chi connectivity index (χ0v) is 11.5. The summed E-state index contributed by atoms with van der Waals surface area (Å²) in [5.74, 6) is -0.972. The van der Waals surface area contributed by atoms with E-state index in [1.807, 2.05) is 0 Å². The van der Waals surface area contributed by atoms with Crippen molar-refractivity contribution in [2.24, 2.45) is 0 Å². The summed E-state index contributed by atoms with van der Waals surface area (Å²) in [7, 11) is 0. The van der Waals surface area contributed by atoms with Crippen LogP contribution in [0.1, 0.15) is 12.5 Å². The first-order valence-corrected chi connectivity index (χ1v) is 6.72. The molecule has 2 aromatic rings. The summed E-state index contributed by atoms with van der Waals surface area (Å²) < 4.78 is 34.7. The zero-order chi connectivity index (χ0) is 13.4. The molecule has 1 fully saturated rings. The van der Waals surface area contributed by atoms with Gasteiger partial charge in [-0.2, -0.15) is 5.10 Å². The predicted molar refractivity (Wildman–Crippen MR) is 69.8 cm³/mol. The molecule has 1 atom stereocenters. The van der Waals surface area contributed by atoms with Crippen LogP contribution < -0.4 is 0 Å². The molecule has 0 amide bonds. The Morgan fingerprint density at radius 1 is 1.32 bits per heavy atom. The van der Waals surface area contributed by atoms with E-state index in [4.69, 9.17) is 4.74 Å². The molecule has 6 heteroatoms. The van der Waals surface area contributed by atoms with Gasteiger partial charge in [-0.1, -0.05) is 0 Å². The fourth-order valence-corrected chi connectivity index (χ4v) is 2.57. The van der Waals surface area contributed by atoms with E-state index in [1.54, 1.807) is 16.9 Å². The maximum Gasteiger partial charge on any atom is 0.138 e. The maximum atomic E-state index is 14.0. The number of rotatable bonds is 2. The average molecular weight is 329 g/mol. The Bertz CT molecular complexity index is 609. The van der Waals surface area contributed by atoms with Crippen LogP contribution in [0.3, 0.4) is 0 Å². The summed E-state index contributed by atoms with van der Waals surface area (Å²) in [6, 6.07) is 4.08. The van der Waals surface area contributed by atoms with Crippen LogP contribution >= 0.6 is 15.9 Å². The first-order valence-electron chi connectivity index (χ1n) is 5.93. The van der Waals surface area contributed by atoms with Gasteiger partial charge >= 0.3 is 0 Å². The first-order chi connectivity index (χ1) is 9.16. The highest BCUT2D eigenvalue weighted by Crippen LogP contribution is 2.31. The van der Waals surface area contributed by atoms with Crippen molar-refractivity contribution in [1.29, 1.82) is 0 Å². The second-order valence-electron chi connectivity index (χ2n) is 4.42. The first kappa shape index (κ1) is 12.7. The molecule has 0 aliphatic carbocycles. The fourth-order valence-electron chi connectivity index (χ4n) is 2.25. The Hall–Kier alpha value is -1.27. The summed E-state index contributed by atoms with van der Waals surface area (Å²) in [6.07, 6.45) is 2.42. The van der Waals surface area contributed by atoms with Crippen LogP contribution in [0.15, 0.2) is 28.9 Å². The van der Waals surface area contributed by atoms with Crippen molar-refractivity contribution in [2.45, 2.75) is 12.5 Å². The van der Waals surface area contributed by atoms with Crippen molar-refractivity contribution in [3.63, 3.8) is 0 Å². The Kier molecular flexibility index (Phi) is 3.36. The molecule has 0 N–H and O–H groups in total. The van der Waals surface area contributed by atoms with Crippen LogP contribution in [0.2, 0.25) is 0 Å². The number of nitrogens with zero attached hydrogens (tertiary/aromatic N) is 2. The van der Waals surface area contributed by atoms with Crippen LogP contribution in [0.25, 0.3) is 11.3 Å². The van der Waals surface area contributed by atoms with Gasteiger partial charge < -0.3 is 4.74 Å². The number of hydrogen-bond donors (Lipinski definition) is 0. The summed E-state index contributed by atoms with van der Waals surface area (Å²) in [6.45, 7) is 1.22. The molecule has 0 saturated carbocycles. The highest BCUT2D eigenvalue weighted by molar-refractivity contribution is 9.10. The Morgan fingerprint density at radius 3 is 2.89 bits per heavy atom. The van der Waals surface area contributed by atoms with E-state index in [1.165, 1.54) is 6.07 Å². The highest BCUT2D eigenvalue weighted by atomic mass is 79.9. The number of hydrogen-bond acceptors (Lipinski definition) is 2. The van der Waals surface area contributed by atoms with Crippen molar-refractivity contribution < 1.29 is 13.5 Å². The Balaban J connectivity index is 2.07. The molecule has 0 unspecified atom stereocenters. The second kappa shape index (κ2) is 5.02. The molecule has 100 valence electrons. The van der Waals surface area contributed by atoms with Crippen LogP contribution in [0, 0.1) is 11.6 Å². The Labute approximate surface area is 117 Å². The van der Waals surface area contributed by atoms with Crippen LogP contribution in [-0.4, -0.2) is 23.0 Å². The number of aromatic nitrogens is 2. The fraction of sp³-hybridized carbons (Fsp3) is 0.308. The second-order valence-corrected chi connectivity index (χ2v) is 5.28. The summed E-state index contributed by atoms with van der Waals surface area (Å²) >= 11 is 2.97.